The molecule has 2 aliphatic heterocycles. The number of rotatable bonds is 6. The largest absolute Gasteiger partial charge is 0.377 e. The summed E-state index contributed by atoms with van der Waals surface area (Å²) in [5.41, 5.74) is 6.03. The molecule has 282 valence electrons. The van der Waals surface area contributed by atoms with Crippen LogP contribution in [-0.2, 0) is 37.1 Å². The van der Waals surface area contributed by atoms with Gasteiger partial charge in [-0.15, -0.1) is 0 Å². The number of anilines is 2. The maximum absolute atomic E-state index is 6.28. The van der Waals surface area contributed by atoms with Gasteiger partial charge in [0, 0.05) is 106 Å². The van der Waals surface area contributed by atoms with Gasteiger partial charge < -0.3 is 36.7 Å². The molecule has 2 N–H and O–H groups in total. The number of aryl methyl sites for hydroxylation is 1. The van der Waals surface area contributed by atoms with Crippen molar-refractivity contribution in [2.75, 3.05) is 49.3 Å². The van der Waals surface area contributed by atoms with Crippen molar-refractivity contribution in [1.82, 2.24) is 39.7 Å². The summed E-state index contributed by atoms with van der Waals surface area (Å²) in [7, 11) is 0. The van der Waals surface area contributed by atoms with Crippen molar-refractivity contribution >= 4 is 45.0 Å². The third kappa shape index (κ3) is 7.93. The van der Waals surface area contributed by atoms with Crippen LogP contribution in [0.5, 0.6) is 0 Å². The topological polar surface area (TPSA) is 126 Å². The van der Waals surface area contributed by atoms with Crippen LogP contribution in [0.3, 0.4) is 0 Å². The number of fused-ring (bicyclic) bond motifs is 2. The van der Waals surface area contributed by atoms with Gasteiger partial charge in [0.15, 0.2) is 11.6 Å². The average Bonchev–Trinajstić information content (AvgIpc) is 3.96. The number of aromatic nitrogens is 8. The Morgan fingerprint density at radius 1 is 0.759 bits per heavy atom. The Kier molecular flexibility index (Phi) is 12.5. The second-order valence-corrected chi connectivity index (χ2v) is 13.5. The van der Waals surface area contributed by atoms with Crippen molar-refractivity contribution < 1.29 is 32.0 Å². The van der Waals surface area contributed by atoms with Crippen LogP contribution in [0.4, 0.5) is 11.6 Å². The molecule has 2 saturated heterocycles. The summed E-state index contributed by atoms with van der Waals surface area (Å²) < 4.78 is 13.1. The maximum atomic E-state index is 6.28. The summed E-state index contributed by atoms with van der Waals surface area (Å²) in [4.78, 5) is 30.2. The molecule has 0 unspecified atom stereocenters. The van der Waals surface area contributed by atoms with Crippen LogP contribution >= 0.6 is 11.6 Å². The zero-order chi connectivity index (χ0) is 35.6. The summed E-state index contributed by atoms with van der Waals surface area (Å²) in [6.07, 6.45) is 5.70. The fourth-order valence-corrected chi connectivity index (χ4v) is 7.18. The Balaban J connectivity index is 0.000000205. The summed E-state index contributed by atoms with van der Waals surface area (Å²) in [5, 5.41) is 7.10. The molecular weight excluding hydrogens is 872 g/mol. The predicted molar refractivity (Wildman–Crippen MR) is 214 cm³/mol. The molecule has 2 atom stereocenters. The van der Waals surface area contributed by atoms with Gasteiger partial charge in [-0.05, 0) is 51.1 Å². The van der Waals surface area contributed by atoms with Crippen LogP contribution in [0.1, 0.15) is 22.2 Å². The SMILES string of the molecule is CCn1nccc1-c1cc(N2CCOC[C@H]2C)nc(-c2cccc3[nH]ccc23)n1.C[C@@H]1COCCN1c1cc(Cl)nc(-c2cccc3[nH]ccc23)n1.[2HH].[CH3-].[W]. The Morgan fingerprint density at radius 2 is 1.31 bits per heavy atom. The maximum Gasteiger partial charge on any atom is 0.163 e. The van der Waals surface area contributed by atoms with Gasteiger partial charge in [-0.25, -0.2) is 19.9 Å². The molecule has 7 heterocycles. The van der Waals surface area contributed by atoms with E-state index in [0.29, 0.717) is 37.4 Å². The quantitative estimate of drug-likeness (QED) is 0.126. The molecule has 0 radical (unpaired) electrons. The van der Waals surface area contributed by atoms with Crippen molar-refractivity contribution in [1.29, 1.82) is 0 Å². The Morgan fingerprint density at radius 3 is 1.87 bits per heavy atom. The molecule has 0 spiro atoms. The Bertz CT molecular complexity index is 2330. The van der Waals surface area contributed by atoms with Gasteiger partial charge in [0.05, 0.1) is 49.9 Å². The molecule has 2 fully saturated rings. The van der Waals surface area contributed by atoms with Crippen LogP contribution < -0.4 is 9.80 Å². The van der Waals surface area contributed by atoms with Crippen LogP contribution in [0.2, 0.25) is 5.15 Å². The van der Waals surface area contributed by atoms with E-state index in [-0.39, 0.29) is 42.0 Å². The molecule has 0 aliphatic carbocycles. The zero-order valence-electron chi connectivity index (χ0n) is 30.9. The predicted octanol–water partition coefficient (Wildman–Crippen LogP) is 7.93. The number of ether oxygens (including phenoxy) is 2. The molecular formula is C40H46ClN10O2W-. The first-order valence-corrected chi connectivity index (χ1v) is 18.1. The van der Waals surface area contributed by atoms with Gasteiger partial charge in [0.2, 0.25) is 0 Å². The monoisotopic (exact) mass is 918 g/mol. The Hall–Kier alpha value is -4.61. The van der Waals surface area contributed by atoms with E-state index < -0.39 is 0 Å². The van der Waals surface area contributed by atoms with E-state index >= 15 is 0 Å². The van der Waals surface area contributed by atoms with Crippen molar-refractivity contribution in [2.45, 2.75) is 39.4 Å². The standard InChI is InChI=1S/C22H24N6O.C17H17ClN4O.CH3.W.H2/c1-3-28-20(8-10-24-28)19-13-21(27-11-12-29-14-15(27)2)26-22(25-19)17-5-4-6-18-16(17)7-9-23-18;1-11-10-23-8-7-22(11)16-9-15(18)20-17(21-16)13-3-2-4-14-12(13)5-6-19-14;;;/h4-10,13,15,23H,3,11-12,14H2,1-2H3;2-6,9,11,19H,7-8,10H2,1H3;1H3;;1H/q;;-1;;/t15-;11-;;;/m11.../s1/i;;;;1+1. The summed E-state index contributed by atoms with van der Waals surface area (Å²) in [5.74, 6) is 3.15. The average molecular weight is 919 g/mol. The van der Waals surface area contributed by atoms with Gasteiger partial charge in [0.1, 0.15) is 16.8 Å². The van der Waals surface area contributed by atoms with Crippen LogP contribution in [0.15, 0.2) is 85.3 Å². The van der Waals surface area contributed by atoms with E-state index in [0.717, 1.165) is 81.4 Å². The molecule has 2 aliphatic rings. The molecule has 9 rings (SSSR count). The van der Waals surface area contributed by atoms with Crippen molar-refractivity contribution in [2.24, 2.45) is 0 Å². The van der Waals surface area contributed by atoms with Gasteiger partial charge in [-0.2, -0.15) is 5.10 Å². The molecule has 14 heteroatoms. The fraction of sp³-hybridized carbons (Fsp3) is 0.300. The minimum Gasteiger partial charge on any atom is -0.377 e. The molecule has 12 nitrogen and oxygen atoms in total. The van der Waals surface area contributed by atoms with Crippen molar-refractivity contribution in [3.63, 3.8) is 0 Å². The van der Waals surface area contributed by atoms with E-state index in [2.05, 4.69) is 74.9 Å². The smallest absolute Gasteiger partial charge is 0.163 e. The van der Waals surface area contributed by atoms with E-state index in [1.807, 2.05) is 65.7 Å². The summed E-state index contributed by atoms with van der Waals surface area (Å²) >= 11 is 6.28. The first-order valence-electron chi connectivity index (χ1n) is 17.7. The second kappa shape index (κ2) is 17.2. The van der Waals surface area contributed by atoms with Gasteiger partial charge in [-0.1, -0.05) is 35.9 Å². The molecule has 0 amide bonds. The second-order valence-electron chi connectivity index (χ2n) is 13.1. The third-order valence-corrected chi connectivity index (χ3v) is 9.86. The minimum atomic E-state index is 0. The number of H-pyrrole nitrogens is 2. The number of nitrogens with zero attached hydrogens (tertiary/aromatic N) is 8. The number of halogens is 1. The van der Waals surface area contributed by atoms with E-state index in [1.54, 1.807) is 0 Å². The zero-order valence-corrected chi connectivity index (χ0v) is 34.6. The number of hydrogen-bond acceptors (Lipinski definition) is 9. The van der Waals surface area contributed by atoms with Crippen LogP contribution in [0, 0.1) is 7.43 Å². The van der Waals surface area contributed by atoms with Crippen LogP contribution in [-0.4, -0.2) is 91.3 Å². The van der Waals surface area contributed by atoms with Gasteiger partial charge in [0.25, 0.3) is 0 Å². The fourth-order valence-electron chi connectivity index (χ4n) is 7.00. The number of aromatic amines is 2. The van der Waals surface area contributed by atoms with Gasteiger partial charge in [-0.3, -0.25) is 4.68 Å². The first kappa shape index (κ1) is 39.1. The summed E-state index contributed by atoms with van der Waals surface area (Å²) in [6.45, 7) is 11.6. The third-order valence-electron chi connectivity index (χ3n) is 9.67. The van der Waals surface area contributed by atoms with Gasteiger partial charge >= 0.3 is 0 Å². The van der Waals surface area contributed by atoms with Crippen LogP contribution in [0.25, 0.3) is 56.0 Å². The molecule has 54 heavy (non-hydrogen) atoms. The molecule has 7 aromatic rings. The van der Waals surface area contributed by atoms with E-state index in [1.165, 1.54) is 0 Å². The normalized spacial score (nSPS) is 17.1. The number of nitrogens with one attached hydrogen (secondary N) is 2. The molecule has 0 saturated carbocycles. The number of benzene rings is 2. The van der Waals surface area contributed by atoms with E-state index in [9.17, 15) is 0 Å². The Labute approximate surface area is 336 Å². The number of morpholine rings is 2. The molecule has 2 aromatic carbocycles. The first-order chi connectivity index (χ1) is 25.5. The summed E-state index contributed by atoms with van der Waals surface area (Å²) in [6, 6.07) is 22.8. The number of hydrogen-bond donors (Lipinski definition) is 2. The molecule has 5 aromatic heterocycles. The molecule has 0 bridgehead atoms. The van der Waals surface area contributed by atoms with E-state index in [4.69, 9.17) is 36.0 Å². The minimum absolute atomic E-state index is 0. The van der Waals surface area contributed by atoms with Crippen molar-refractivity contribution in [3.05, 3.63) is 97.9 Å². The van der Waals surface area contributed by atoms with Crippen molar-refractivity contribution in [3.8, 4) is 34.2 Å².